The SMILES string of the molecule is CNCCC1CCCCN1C(=O)c1cccc(Br)c1C. The summed E-state index contributed by atoms with van der Waals surface area (Å²) in [4.78, 5) is 14.9. The summed E-state index contributed by atoms with van der Waals surface area (Å²) < 4.78 is 1.01. The minimum Gasteiger partial charge on any atom is -0.336 e. The molecule has 0 spiro atoms. The molecule has 0 radical (unpaired) electrons. The van der Waals surface area contributed by atoms with E-state index in [1.54, 1.807) is 0 Å². The Kier molecular flexibility index (Phi) is 5.61. The van der Waals surface area contributed by atoms with Gasteiger partial charge in [-0.3, -0.25) is 4.79 Å². The van der Waals surface area contributed by atoms with Gasteiger partial charge in [-0.15, -0.1) is 0 Å². The molecule has 1 saturated heterocycles. The number of carbonyl (C=O) groups excluding carboxylic acids is 1. The van der Waals surface area contributed by atoms with Gasteiger partial charge in [0.2, 0.25) is 0 Å². The highest BCUT2D eigenvalue weighted by molar-refractivity contribution is 9.10. The van der Waals surface area contributed by atoms with E-state index < -0.39 is 0 Å². The van der Waals surface area contributed by atoms with E-state index >= 15 is 0 Å². The van der Waals surface area contributed by atoms with Crippen LogP contribution in [0.1, 0.15) is 41.6 Å². The second-order valence-electron chi connectivity index (χ2n) is 5.45. The number of piperidine rings is 1. The van der Waals surface area contributed by atoms with Crippen LogP contribution < -0.4 is 5.32 Å². The number of amides is 1. The van der Waals surface area contributed by atoms with Gasteiger partial charge in [0.25, 0.3) is 5.91 Å². The summed E-state index contributed by atoms with van der Waals surface area (Å²) in [6.45, 7) is 3.86. The molecule has 1 amide bonds. The van der Waals surface area contributed by atoms with Crippen molar-refractivity contribution in [1.82, 2.24) is 10.2 Å². The lowest BCUT2D eigenvalue weighted by atomic mass is 9.97. The maximum atomic E-state index is 12.8. The van der Waals surface area contributed by atoms with Gasteiger partial charge in [-0.05, 0) is 63.9 Å². The molecule has 1 aromatic rings. The third-order valence-corrected chi connectivity index (χ3v) is 4.97. The first-order valence-electron chi connectivity index (χ1n) is 7.36. The van der Waals surface area contributed by atoms with Crippen molar-refractivity contribution in [3.05, 3.63) is 33.8 Å². The van der Waals surface area contributed by atoms with E-state index in [0.29, 0.717) is 6.04 Å². The molecule has 0 saturated carbocycles. The number of hydrogen-bond donors (Lipinski definition) is 1. The quantitative estimate of drug-likeness (QED) is 0.912. The summed E-state index contributed by atoms with van der Waals surface area (Å²) >= 11 is 3.51. The zero-order valence-corrected chi connectivity index (χ0v) is 13.9. The van der Waals surface area contributed by atoms with Crippen LogP contribution in [0.2, 0.25) is 0 Å². The molecular weight excluding hydrogens is 316 g/mol. The number of rotatable bonds is 4. The number of benzene rings is 1. The Morgan fingerprint density at radius 2 is 2.25 bits per heavy atom. The van der Waals surface area contributed by atoms with Gasteiger partial charge < -0.3 is 10.2 Å². The van der Waals surface area contributed by atoms with E-state index in [1.165, 1.54) is 6.42 Å². The summed E-state index contributed by atoms with van der Waals surface area (Å²) in [5.74, 6) is 0.185. The molecule has 1 fully saturated rings. The van der Waals surface area contributed by atoms with Crippen molar-refractivity contribution in [1.29, 1.82) is 0 Å². The average Bonchev–Trinajstić information content (AvgIpc) is 2.47. The summed E-state index contributed by atoms with van der Waals surface area (Å²) in [6.07, 6.45) is 4.51. The average molecular weight is 339 g/mol. The van der Waals surface area contributed by atoms with Crippen LogP contribution in [0, 0.1) is 6.92 Å². The number of likely N-dealkylation sites (tertiary alicyclic amines) is 1. The van der Waals surface area contributed by atoms with E-state index in [-0.39, 0.29) is 5.91 Å². The highest BCUT2D eigenvalue weighted by Crippen LogP contribution is 2.25. The number of carbonyl (C=O) groups is 1. The van der Waals surface area contributed by atoms with Crippen molar-refractivity contribution in [2.24, 2.45) is 0 Å². The molecule has 110 valence electrons. The normalized spacial score (nSPS) is 19.1. The molecule has 1 N–H and O–H groups in total. The standard InChI is InChI=1S/C16H23BrN2O/c1-12-14(7-5-8-15(12)17)16(20)19-11-4-3-6-13(19)9-10-18-2/h5,7-8,13,18H,3-4,6,9-11H2,1-2H3. The van der Waals surface area contributed by atoms with Crippen molar-refractivity contribution < 1.29 is 4.79 Å². The molecule has 1 aromatic carbocycles. The van der Waals surface area contributed by atoms with Gasteiger partial charge in [0.15, 0.2) is 0 Å². The topological polar surface area (TPSA) is 32.3 Å². The number of nitrogens with zero attached hydrogens (tertiary/aromatic N) is 1. The fourth-order valence-corrected chi connectivity index (χ4v) is 3.24. The second-order valence-corrected chi connectivity index (χ2v) is 6.31. The van der Waals surface area contributed by atoms with E-state index in [0.717, 1.165) is 48.0 Å². The van der Waals surface area contributed by atoms with Crippen LogP contribution in [0.5, 0.6) is 0 Å². The van der Waals surface area contributed by atoms with Gasteiger partial charge in [-0.1, -0.05) is 22.0 Å². The minimum atomic E-state index is 0.185. The summed E-state index contributed by atoms with van der Waals surface area (Å²) in [5, 5.41) is 3.19. The molecule has 2 rings (SSSR count). The minimum absolute atomic E-state index is 0.185. The van der Waals surface area contributed by atoms with Crippen LogP contribution in [0.4, 0.5) is 0 Å². The van der Waals surface area contributed by atoms with E-state index in [1.807, 2.05) is 32.2 Å². The Labute approximate surface area is 129 Å². The summed E-state index contributed by atoms with van der Waals surface area (Å²) in [5.41, 5.74) is 1.87. The van der Waals surface area contributed by atoms with E-state index in [9.17, 15) is 4.79 Å². The Balaban J connectivity index is 2.18. The van der Waals surface area contributed by atoms with Gasteiger partial charge in [-0.25, -0.2) is 0 Å². The molecule has 1 aliphatic rings. The fourth-order valence-electron chi connectivity index (χ4n) is 2.87. The Morgan fingerprint density at radius 1 is 1.45 bits per heavy atom. The summed E-state index contributed by atoms with van der Waals surface area (Å²) in [7, 11) is 1.97. The summed E-state index contributed by atoms with van der Waals surface area (Å²) in [6, 6.07) is 6.24. The molecule has 4 heteroatoms. The fraction of sp³-hybridized carbons (Fsp3) is 0.562. The van der Waals surface area contributed by atoms with Crippen LogP contribution in [-0.2, 0) is 0 Å². The smallest absolute Gasteiger partial charge is 0.254 e. The molecule has 1 heterocycles. The third-order valence-electron chi connectivity index (χ3n) is 4.11. The van der Waals surface area contributed by atoms with Crippen LogP contribution in [0.15, 0.2) is 22.7 Å². The van der Waals surface area contributed by atoms with Crippen molar-refractivity contribution in [2.45, 2.75) is 38.6 Å². The molecule has 0 aromatic heterocycles. The van der Waals surface area contributed by atoms with Gasteiger partial charge in [0, 0.05) is 22.6 Å². The monoisotopic (exact) mass is 338 g/mol. The predicted octanol–water partition coefficient (Wildman–Crippen LogP) is 3.36. The number of hydrogen-bond acceptors (Lipinski definition) is 2. The third kappa shape index (κ3) is 3.41. The Morgan fingerprint density at radius 3 is 3.00 bits per heavy atom. The van der Waals surface area contributed by atoms with Crippen molar-refractivity contribution in [3.63, 3.8) is 0 Å². The van der Waals surface area contributed by atoms with E-state index in [4.69, 9.17) is 0 Å². The van der Waals surface area contributed by atoms with Crippen LogP contribution in [0.3, 0.4) is 0 Å². The van der Waals surface area contributed by atoms with Gasteiger partial charge in [-0.2, -0.15) is 0 Å². The first-order valence-corrected chi connectivity index (χ1v) is 8.15. The molecule has 1 unspecified atom stereocenters. The molecule has 20 heavy (non-hydrogen) atoms. The zero-order valence-electron chi connectivity index (χ0n) is 12.3. The lowest BCUT2D eigenvalue weighted by Gasteiger charge is -2.36. The van der Waals surface area contributed by atoms with Crippen LogP contribution in [-0.4, -0.2) is 37.0 Å². The molecule has 3 nitrogen and oxygen atoms in total. The Hall–Kier alpha value is -0.870. The maximum Gasteiger partial charge on any atom is 0.254 e. The van der Waals surface area contributed by atoms with E-state index in [2.05, 4.69) is 26.1 Å². The number of halogens is 1. The van der Waals surface area contributed by atoms with Gasteiger partial charge in [0.1, 0.15) is 0 Å². The first-order chi connectivity index (χ1) is 9.65. The molecule has 0 aliphatic carbocycles. The molecule has 0 bridgehead atoms. The van der Waals surface area contributed by atoms with Gasteiger partial charge >= 0.3 is 0 Å². The first kappa shape index (κ1) is 15.5. The van der Waals surface area contributed by atoms with Gasteiger partial charge in [0.05, 0.1) is 0 Å². The van der Waals surface area contributed by atoms with Crippen molar-refractivity contribution in [2.75, 3.05) is 20.1 Å². The largest absolute Gasteiger partial charge is 0.336 e. The van der Waals surface area contributed by atoms with Crippen molar-refractivity contribution in [3.8, 4) is 0 Å². The predicted molar refractivity (Wildman–Crippen MR) is 86.1 cm³/mol. The molecular formula is C16H23BrN2O. The molecule has 1 atom stereocenters. The number of nitrogens with one attached hydrogen (secondary N) is 1. The lowest BCUT2D eigenvalue weighted by Crippen LogP contribution is -2.45. The lowest BCUT2D eigenvalue weighted by molar-refractivity contribution is 0.0601. The van der Waals surface area contributed by atoms with Crippen molar-refractivity contribution >= 4 is 21.8 Å². The molecule has 1 aliphatic heterocycles. The maximum absolute atomic E-state index is 12.8. The zero-order chi connectivity index (χ0) is 14.5. The highest BCUT2D eigenvalue weighted by atomic mass is 79.9. The van der Waals surface area contributed by atoms with Crippen LogP contribution >= 0.6 is 15.9 Å². The van der Waals surface area contributed by atoms with Crippen LogP contribution in [0.25, 0.3) is 0 Å². The highest BCUT2D eigenvalue weighted by Gasteiger charge is 2.27. The second kappa shape index (κ2) is 7.23. The Bertz CT molecular complexity index is 476.